The van der Waals surface area contributed by atoms with E-state index in [9.17, 15) is 17.6 Å². The number of furan rings is 1. The molecule has 1 saturated carbocycles. The van der Waals surface area contributed by atoms with E-state index in [4.69, 9.17) is 25.3 Å². The summed E-state index contributed by atoms with van der Waals surface area (Å²) in [5.41, 5.74) is 2.73. The van der Waals surface area contributed by atoms with Crippen LogP contribution < -0.4 is 9.62 Å². The van der Waals surface area contributed by atoms with E-state index in [0.717, 1.165) is 30.2 Å². The van der Waals surface area contributed by atoms with Gasteiger partial charge in [0.2, 0.25) is 10.0 Å². The zero-order valence-electron chi connectivity index (χ0n) is 26.7. The molecular formula is C34H37BClFN2O6S. The lowest BCUT2D eigenvalue weighted by Crippen LogP contribution is -2.41. The fourth-order valence-corrected chi connectivity index (χ4v) is 7.21. The molecule has 1 amide bonds. The maximum absolute atomic E-state index is 13.7. The van der Waals surface area contributed by atoms with Gasteiger partial charge in [-0.15, -0.1) is 0 Å². The number of halogens is 2. The summed E-state index contributed by atoms with van der Waals surface area (Å²) in [4.78, 5) is 13.1. The topological polar surface area (TPSA) is 98.1 Å². The van der Waals surface area contributed by atoms with Crippen LogP contribution in [0.1, 0.15) is 67.9 Å². The Labute approximate surface area is 274 Å². The monoisotopic (exact) mass is 666 g/mol. The van der Waals surface area contributed by atoms with E-state index >= 15 is 0 Å². The summed E-state index contributed by atoms with van der Waals surface area (Å²) < 4.78 is 60.5. The quantitative estimate of drug-likeness (QED) is 0.183. The SMILES string of the molecule is CNC(=O)c1c(-c2ccc(F)cc2)oc2cc(N(c3ccc(CCB4OC(C)(C)C(C)(C)O4)c(Cl)c3)S(C)(=O)=O)c(C3CC3)cc12. The van der Waals surface area contributed by atoms with Gasteiger partial charge in [0.15, 0.2) is 0 Å². The number of hydrogen-bond donors (Lipinski definition) is 1. The van der Waals surface area contributed by atoms with Crippen molar-refractivity contribution in [3.05, 3.63) is 82.1 Å². The Morgan fingerprint density at radius 2 is 1.70 bits per heavy atom. The number of nitrogens with zero attached hydrogens (tertiary/aromatic N) is 1. The first-order valence-corrected chi connectivity index (χ1v) is 17.5. The number of carbonyl (C=O) groups excluding carboxylic acids is 1. The lowest BCUT2D eigenvalue weighted by atomic mass is 9.81. The Hall–Kier alpha value is -3.38. The molecule has 1 aliphatic heterocycles. The lowest BCUT2D eigenvalue weighted by Gasteiger charge is -2.32. The second kappa shape index (κ2) is 11.7. The number of amides is 1. The minimum absolute atomic E-state index is 0.111. The van der Waals surface area contributed by atoms with Crippen molar-refractivity contribution < 1.29 is 31.3 Å². The molecule has 1 aliphatic carbocycles. The lowest BCUT2D eigenvalue weighted by molar-refractivity contribution is 0.00578. The van der Waals surface area contributed by atoms with Crippen LogP contribution in [0.5, 0.6) is 0 Å². The minimum Gasteiger partial charge on any atom is -0.455 e. The Morgan fingerprint density at radius 3 is 2.26 bits per heavy atom. The van der Waals surface area contributed by atoms with Crippen molar-refractivity contribution in [2.24, 2.45) is 0 Å². The normalized spacial score (nSPS) is 17.4. The summed E-state index contributed by atoms with van der Waals surface area (Å²) >= 11 is 6.78. The predicted molar refractivity (Wildman–Crippen MR) is 180 cm³/mol. The molecule has 0 bridgehead atoms. The molecule has 2 fully saturated rings. The molecule has 0 atom stereocenters. The first kappa shape index (κ1) is 32.6. The number of hydrogen-bond acceptors (Lipinski definition) is 6. The van der Waals surface area contributed by atoms with Crippen LogP contribution in [-0.4, -0.2) is 45.9 Å². The van der Waals surface area contributed by atoms with Crippen LogP contribution in [0.25, 0.3) is 22.3 Å². The molecule has 1 saturated heterocycles. The van der Waals surface area contributed by atoms with Gasteiger partial charge in [-0.05, 0) is 113 Å². The van der Waals surface area contributed by atoms with Crippen LogP contribution in [0.15, 0.2) is 59.0 Å². The van der Waals surface area contributed by atoms with Crippen molar-refractivity contribution in [3.8, 4) is 11.3 Å². The van der Waals surface area contributed by atoms with Gasteiger partial charge in [-0.25, -0.2) is 17.1 Å². The summed E-state index contributed by atoms with van der Waals surface area (Å²) in [6.45, 7) is 8.03. The number of anilines is 2. The fourth-order valence-electron chi connectivity index (χ4n) is 5.93. The van der Waals surface area contributed by atoms with Crippen molar-refractivity contribution in [1.82, 2.24) is 5.32 Å². The molecule has 12 heteroatoms. The number of carbonyl (C=O) groups is 1. The summed E-state index contributed by atoms with van der Waals surface area (Å²) in [6, 6.07) is 14.4. The van der Waals surface area contributed by atoms with Crippen LogP contribution in [0.3, 0.4) is 0 Å². The van der Waals surface area contributed by atoms with Gasteiger partial charge in [0.25, 0.3) is 5.91 Å². The highest BCUT2D eigenvalue weighted by Crippen LogP contribution is 2.49. The number of fused-ring (bicyclic) bond motifs is 1. The number of rotatable bonds is 9. The minimum atomic E-state index is -3.86. The summed E-state index contributed by atoms with van der Waals surface area (Å²) in [5, 5.41) is 3.65. The second-order valence-corrected chi connectivity index (χ2v) is 15.3. The van der Waals surface area contributed by atoms with E-state index in [-0.39, 0.29) is 24.7 Å². The van der Waals surface area contributed by atoms with Crippen LogP contribution in [-0.2, 0) is 25.8 Å². The van der Waals surface area contributed by atoms with Gasteiger partial charge >= 0.3 is 7.12 Å². The van der Waals surface area contributed by atoms with Gasteiger partial charge in [-0.1, -0.05) is 17.7 Å². The first-order valence-electron chi connectivity index (χ1n) is 15.3. The zero-order chi connectivity index (χ0) is 33.2. The maximum atomic E-state index is 13.7. The Bertz CT molecular complexity index is 1920. The number of nitrogens with one attached hydrogen (secondary N) is 1. The van der Waals surface area contributed by atoms with Crippen LogP contribution in [0.2, 0.25) is 11.3 Å². The highest BCUT2D eigenvalue weighted by atomic mass is 35.5. The van der Waals surface area contributed by atoms with Crippen molar-refractivity contribution in [2.45, 2.75) is 70.4 Å². The van der Waals surface area contributed by atoms with Crippen LogP contribution in [0.4, 0.5) is 15.8 Å². The molecule has 0 radical (unpaired) electrons. The summed E-state index contributed by atoms with van der Waals surface area (Å²) in [6.07, 6.45) is 4.08. The second-order valence-electron chi connectivity index (χ2n) is 13.1. The maximum Gasteiger partial charge on any atom is 0.458 e. The molecule has 3 aromatic carbocycles. The third-order valence-electron chi connectivity index (χ3n) is 9.19. The number of benzene rings is 3. The molecule has 1 N–H and O–H groups in total. The molecule has 4 aromatic rings. The summed E-state index contributed by atoms with van der Waals surface area (Å²) in [5.74, 6) is -0.398. The Balaban J connectivity index is 1.40. The molecule has 242 valence electrons. The van der Waals surface area contributed by atoms with Crippen molar-refractivity contribution in [3.63, 3.8) is 0 Å². The Morgan fingerprint density at radius 1 is 1.04 bits per heavy atom. The van der Waals surface area contributed by atoms with Crippen LogP contribution >= 0.6 is 11.6 Å². The smallest absolute Gasteiger partial charge is 0.455 e. The van der Waals surface area contributed by atoms with E-state index in [1.807, 2.05) is 39.8 Å². The molecule has 2 heterocycles. The van der Waals surface area contributed by atoms with Gasteiger partial charge in [-0.2, -0.15) is 0 Å². The van der Waals surface area contributed by atoms with Gasteiger partial charge < -0.3 is 19.0 Å². The highest BCUT2D eigenvalue weighted by molar-refractivity contribution is 7.92. The average Bonchev–Trinajstić information content (AvgIpc) is 3.71. The highest BCUT2D eigenvalue weighted by Gasteiger charge is 2.50. The van der Waals surface area contributed by atoms with Crippen molar-refractivity contribution >= 4 is 57.0 Å². The number of sulfonamides is 1. The van der Waals surface area contributed by atoms with Crippen molar-refractivity contribution in [1.29, 1.82) is 0 Å². The molecular weight excluding hydrogens is 630 g/mol. The standard InChI is InChI=1S/C34H37BClFN2O6S/c1-33(2)34(3,4)45-35(44-33)16-15-21-11-14-24(17-27(21)36)39(46(6,41)42)28-19-29-26(18-25(28)20-7-8-20)30(32(40)38-5)31(43-29)22-9-12-23(37)13-10-22/h9-14,17-20H,7-8,15-16H2,1-6H3,(H,38,40). The molecule has 6 rings (SSSR count). The first-order chi connectivity index (χ1) is 21.6. The van der Waals surface area contributed by atoms with Crippen LogP contribution in [0, 0.1) is 5.82 Å². The average molecular weight is 667 g/mol. The van der Waals surface area contributed by atoms with Gasteiger partial charge in [-0.3, -0.25) is 4.79 Å². The molecule has 8 nitrogen and oxygen atoms in total. The number of aryl methyl sites for hydroxylation is 1. The molecule has 46 heavy (non-hydrogen) atoms. The Kier molecular flexibility index (Phi) is 8.28. The van der Waals surface area contributed by atoms with E-state index in [1.165, 1.54) is 23.5 Å². The predicted octanol–water partition coefficient (Wildman–Crippen LogP) is 7.86. The zero-order valence-corrected chi connectivity index (χ0v) is 28.3. The van der Waals surface area contributed by atoms with Gasteiger partial charge in [0.1, 0.15) is 17.2 Å². The fraction of sp³-hybridized carbons (Fsp3) is 0.382. The molecule has 0 unspecified atom stereocenters. The summed E-state index contributed by atoms with van der Waals surface area (Å²) in [7, 11) is -2.71. The molecule has 2 aliphatic rings. The molecule has 1 aromatic heterocycles. The molecule has 0 spiro atoms. The van der Waals surface area contributed by atoms with E-state index < -0.39 is 27.0 Å². The van der Waals surface area contributed by atoms with Gasteiger partial charge in [0.05, 0.1) is 34.4 Å². The van der Waals surface area contributed by atoms with E-state index in [1.54, 1.807) is 30.3 Å². The van der Waals surface area contributed by atoms with E-state index in [2.05, 4.69) is 5.32 Å². The largest absolute Gasteiger partial charge is 0.458 e. The van der Waals surface area contributed by atoms with Gasteiger partial charge in [0, 0.05) is 29.1 Å². The van der Waals surface area contributed by atoms with Crippen molar-refractivity contribution in [2.75, 3.05) is 17.6 Å². The van der Waals surface area contributed by atoms with E-state index in [0.29, 0.717) is 51.2 Å². The third-order valence-corrected chi connectivity index (χ3v) is 10.6. The third kappa shape index (κ3) is 6.06.